The van der Waals surface area contributed by atoms with Gasteiger partial charge in [0.1, 0.15) is 12.4 Å². The molecule has 3 nitrogen and oxygen atoms in total. The average Bonchev–Trinajstić information content (AvgIpc) is 2.91. The SMILES string of the molecule is O=C(NCc1ccc(C#CCO)s1)c1ccc(F)cc1. The molecule has 1 aromatic carbocycles. The number of amides is 1. The standard InChI is InChI=1S/C15H12FNO2S/c16-12-5-3-11(4-6-12)15(19)17-10-14-8-7-13(20-14)2-1-9-18/h3-8,18H,9-10H2,(H,17,19). The van der Waals surface area contributed by atoms with E-state index in [0.29, 0.717) is 12.1 Å². The van der Waals surface area contributed by atoms with Gasteiger partial charge in [-0.2, -0.15) is 0 Å². The lowest BCUT2D eigenvalue weighted by molar-refractivity contribution is 0.0951. The summed E-state index contributed by atoms with van der Waals surface area (Å²) in [7, 11) is 0. The summed E-state index contributed by atoms with van der Waals surface area (Å²) in [4.78, 5) is 13.6. The van der Waals surface area contributed by atoms with Gasteiger partial charge in [0.15, 0.2) is 0 Å². The molecule has 1 aromatic heterocycles. The van der Waals surface area contributed by atoms with Crippen LogP contribution in [0.4, 0.5) is 4.39 Å². The molecular formula is C15H12FNO2S. The van der Waals surface area contributed by atoms with Crippen LogP contribution in [0.5, 0.6) is 0 Å². The molecule has 0 unspecified atom stereocenters. The number of hydrogen-bond acceptors (Lipinski definition) is 3. The van der Waals surface area contributed by atoms with Crippen LogP contribution < -0.4 is 5.32 Å². The van der Waals surface area contributed by atoms with Gasteiger partial charge in [-0.1, -0.05) is 11.8 Å². The average molecular weight is 289 g/mol. The maximum atomic E-state index is 12.7. The fourth-order valence-corrected chi connectivity index (χ4v) is 2.36. The second-order valence-electron chi connectivity index (χ2n) is 3.92. The Morgan fingerprint density at radius 2 is 2.00 bits per heavy atom. The van der Waals surface area contributed by atoms with Gasteiger partial charge in [0, 0.05) is 10.4 Å². The van der Waals surface area contributed by atoms with Crippen LogP contribution in [0.25, 0.3) is 0 Å². The van der Waals surface area contributed by atoms with Crippen LogP contribution in [-0.4, -0.2) is 17.6 Å². The predicted octanol–water partition coefficient (Wildman–Crippen LogP) is 2.16. The van der Waals surface area contributed by atoms with Crippen LogP contribution >= 0.6 is 11.3 Å². The Labute approximate surface area is 120 Å². The smallest absolute Gasteiger partial charge is 0.251 e. The highest BCUT2D eigenvalue weighted by molar-refractivity contribution is 7.12. The van der Waals surface area contributed by atoms with E-state index >= 15 is 0 Å². The second-order valence-corrected chi connectivity index (χ2v) is 5.08. The van der Waals surface area contributed by atoms with Crippen molar-refractivity contribution in [2.45, 2.75) is 6.54 Å². The number of aliphatic hydroxyl groups is 1. The molecule has 0 aliphatic heterocycles. The normalized spacial score (nSPS) is 9.70. The Balaban J connectivity index is 1.93. The van der Waals surface area contributed by atoms with Gasteiger partial charge in [0.05, 0.1) is 11.4 Å². The first-order valence-electron chi connectivity index (χ1n) is 5.91. The van der Waals surface area contributed by atoms with Crippen molar-refractivity contribution >= 4 is 17.2 Å². The predicted molar refractivity (Wildman–Crippen MR) is 75.9 cm³/mol. The van der Waals surface area contributed by atoms with Crippen molar-refractivity contribution in [2.24, 2.45) is 0 Å². The summed E-state index contributed by atoms with van der Waals surface area (Å²) in [5.41, 5.74) is 0.420. The summed E-state index contributed by atoms with van der Waals surface area (Å²) in [5, 5.41) is 11.4. The number of benzene rings is 1. The number of thiophene rings is 1. The zero-order chi connectivity index (χ0) is 14.4. The molecule has 1 amide bonds. The van der Waals surface area contributed by atoms with E-state index in [1.165, 1.54) is 35.6 Å². The maximum absolute atomic E-state index is 12.7. The first kappa shape index (κ1) is 14.3. The fourth-order valence-electron chi connectivity index (χ4n) is 1.54. The van der Waals surface area contributed by atoms with Crippen LogP contribution in [0, 0.1) is 17.7 Å². The molecule has 0 atom stereocenters. The summed E-state index contributed by atoms with van der Waals surface area (Å²) < 4.78 is 12.7. The summed E-state index contributed by atoms with van der Waals surface area (Å²) in [5.74, 6) is 4.75. The van der Waals surface area contributed by atoms with Gasteiger partial charge in [-0.15, -0.1) is 11.3 Å². The Bertz CT molecular complexity index is 653. The molecule has 102 valence electrons. The second kappa shape index (κ2) is 6.85. The molecule has 2 rings (SSSR count). The zero-order valence-corrected chi connectivity index (χ0v) is 11.3. The van der Waals surface area contributed by atoms with E-state index in [1.54, 1.807) is 0 Å². The van der Waals surface area contributed by atoms with Gasteiger partial charge in [0.2, 0.25) is 0 Å². The molecule has 2 N–H and O–H groups in total. The van der Waals surface area contributed by atoms with Crippen molar-refractivity contribution in [3.05, 3.63) is 57.5 Å². The summed E-state index contributed by atoms with van der Waals surface area (Å²) in [6.07, 6.45) is 0. The minimum absolute atomic E-state index is 0.172. The number of hydrogen-bond donors (Lipinski definition) is 2. The molecule has 0 spiro atoms. The number of nitrogens with one attached hydrogen (secondary N) is 1. The van der Waals surface area contributed by atoms with Gasteiger partial charge in [-0.25, -0.2) is 4.39 Å². The zero-order valence-electron chi connectivity index (χ0n) is 10.5. The van der Waals surface area contributed by atoms with E-state index in [9.17, 15) is 9.18 Å². The molecule has 5 heteroatoms. The van der Waals surface area contributed by atoms with Gasteiger partial charge < -0.3 is 10.4 Å². The topological polar surface area (TPSA) is 49.3 Å². The third-order valence-corrected chi connectivity index (χ3v) is 3.48. The van der Waals surface area contributed by atoms with E-state index in [-0.39, 0.29) is 18.3 Å². The molecule has 20 heavy (non-hydrogen) atoms. The van der Waals surface area contributed by atoms with Gasteiger partial charge in [-0.05, 0) is 36.4 Å². The number of carbonyl (C=O) groups excluding carboxylic acids is 1. The first-order chi connectivity index (χ1) is 9.69. The highest BCUT2D eigenvalue weighted by atomic mass is 32.1. The van der Waals surface area contributed by atoms with Crippen molar-refractivity contribution in [1.29, 1.82) is 0 Å². The minimum Gasteiger partial charge on any atom is -0.384 e. The summed E-state index contributed by atoms with van der Waals surface area (Å²) in [6.45, 7) is 0.218. The molecule has 0 aliphatic rings. The van der Waals surface area contributed by atoms with Crippen molar-refractivity contribution in [2.75, 3.05) is 6.61 Å². The number of rotatable bonds is 3. The van der Waals surface area contributed by atoms with Crippen LogP contribution in [-0.2, 0) is 6.54 Å². The lowest BCUT2D eigenvalue weighted by atomic mass is 10.2. The molecule has 2 aromatic rings. The van der Waals surface area contributed by atoms with Gasteiger partial charge >= 0.3 is 0 Å². The number of halogens is 1. The largest absolute Gasteiger partial charge is 0.384 e. The molecular weight excluding hydrogens is 277 g/mol. The quantitative estimate of drug-likeness (QED) is 0.851. The molecule has 1 heterocycles. The summed E-state index contributed by atoms with van der Waals surface area (Å²) >= 11 is 1.45. The maximum Gasteiger partial charge on any atom is 0.251 e. The highest BCUT2D eigenvalue weighted by Gasteiger charge is 2.06. The van der Waals surface area contributed by atoms with Crippen molar-refractivity contribution in [3.8, 4) is 11.8 Å². The van der Waals surface area contributed by atoms with E-state index in [4.69, 9.17) is 5.11 Å². The Kier molecular flexibility index (Phi) is 4.88. The van der Waals surface area contributed by atoms with Crippen LogP contribution in [0.1, 0.15) is 20.1 Å². The van der Waals surface area contributed by atoms with Gasteiger partial charge in [-0.3, -0.25) is 4.79 Å². The molecule has 0 saturated carbocycles. The lowest BCUT2D eigenvalue weighted by Crippen LogP contribution is -2.22. The van der Waals surface area contributed by atoms with E-state index in [2.05, 4.69) is 17.2 Å². The Morgan fingerprint density at radius 1 is 1.25 bits per heavy atom. The Morgan fingerprint density at radius 3 is 2.70 bits per heavy atom. The third-order valence-electron chi connectivity index (χ3n) is 2.48. The van der Waals surface area contributed by atoms with Crippen LogP contribution in [0.15, 0.2) is 36.4 Å². The molecule has 0 fully saturated rings. The van der Waals surface area contributed by atoms with E-state index < -0.39 is 0 Å². The van der Waals surface area contributed by atoms with Gasteiger partial charge in [0.25, 0.3) is 5.91 Å². The van der Waals surface area contributed by atoms with Crippen molar-refractivity contribution in [3.63, 3.8) is 0 Å². The number of carbonyl (C=O) groups is 1. The van der Waals surface area contributed by atoms with E-state index in [1.807, 2.05) is 12.1 Å². The number of aliphatic hydroxyl groups excluding tert-OH is 1. The monoisotopic (exact) mass is 289 g/mol. The first-order valence-corrected chi connectivity index (χ1v) is 6.73. The summed E-state index contributed by atoms with van der Waals surface area (Å²) in [6, 6.07) is 9.10. The van der Waals surface area contributed by atoms with Crippen molar-refractivity contribution in [1.82, 2.24) is 5.32 Å². The molecule has 0 aliphatic carbocycles. The minimum atomic E-state index is -0.369. The highest BCUT2D eigenvalue weighted by Crippen LogP contribution is 2.15. The van der Waals surface area contributed by atoms with Crippen LogP contribution in [0.2, 0.25) is 0 Å². The Hall–Kier alpha value is -2.16. The molecule has 0 radical (unpaired) electrons. The fraction of sp³-hybridized carbons (Fsp3) is 0.133. The van der Waals surface area contributed by atoms with E-state index in [0.717, 1.165) is 9.75 Å². The van der Waals surface area contributed by atoms with Crippen molar-refractivity contribution < 1.29 is 14.3 Å². The third kappa shape index (κ3) is 3.92. The lowest BCUT2D eigenvalue weighted by Gasteiger charge is -2.03. The van der Waals surface area contributed by atoms with Crippen LogP contribution in [0.3, 0.4) is 0 Å². The molecule has 0 saturated heterocycles. The molecule has 0 bridgehead atoms.